The van der Waals surface area contributed by atoms with Crippen LogP contribution in [0.25, 0.3) is 0 Å². The molecule has 0 fully saturated rings. The molecule has 0 aliphatic carbocycles. The van der Waals surface area contributed by atoms with Gasteiger partial charge in [0.25, 0.3) is 6.43 Å². The normalized spacial score (nSPS) is 11.2. The molecular weight excluding hydrogens is 327 g/mol. The van der Waals surface area contributed by atoms with Crippen LogP contribution in [-0.4, -0.2) is 48.6 Å². The number of benzene rings is 1. The lowest BCUT2D eigenvalue weighted by atomic mass is 10.2. The topological polar surface area (TPSA) is 78.6 Å². The zero-order chi connectivity index (χ0) is 16.0. The summed E-state index contributed by atoms with van der Waals surface area (Å²) in [5, 5.41) is 11.7. The van der Waals surface area contributed by atoms with E-state index in [1.165, 1.54) is 12.1 Å². The summed E-state index contributed by atoms with van der Waals surface area (Å²) in [5.74, 6) is -0.569. The average Bonchev–Trinajstić information content (AvgIpc) is 2.33. The van der Waals surface area contributed by atoms with Crippen molar-refractivity contribution >= 4 is 40.5 Å². The van der Waals surface area contributed by atoms with Crippen LogP contribution in [0.15, 0.2) is 12.1 Å². The van der Waals surface area contributed by atoms with Crippen LogP contribution in [0, 0.1) is 0 Å². The van der Waals surface area contributed by atoms with Gasteiger partial charge >= 0.3 is 0 Å². The van der Waals surface area contributed by atoms with E-state index in [2.05, 4.69) is 5.32 Å². The van der Waals surface area contributed by atoms with Crippen LogP contribution in [0.3, 0.4) is 0 Å². The smallest absolute Gasteiger partial charge is 0.251 e. The number of alkyl halides is 2. The molecular formula is C12H15Cl2F2N3O2. The molecule has 0 heterocycles. The van der Waals surface area contributed by atoms with Crippen LogP contribution in [0.1, 0.15) is 0 Å². The Hall–Kier alpha value is -1.15. The molecule has 4 N–H and O–H groups in total. The van der Waals surface area contributed by atoms with Crippen molar-refractivity contribution in [2.24, 2.45) is 0 Å². The molecule has 0 saturated carbocycles. The van der Waals surface area contributed by atoms with Crippen molar-refractivity contribution in [1.29, 1.82) is 0 Å². The lowest BCUT2D eigenvalue weighted by molar-refractivity contribution is -0.117. The van der Waals surface area contributed by atoms with Crippen molar-refractivity contribution in [3.05, 3.63) is 22.2 Å². The van der Waals surface area contributed by atoms with Crippen molar-refractivity contribution in [2.75, 3.05) is 37.3 Å². The van der Waals surface area contributed by atoms with E-state index in [0.717, 1.165) is 4.90 Å². The van der Waals surface area contributed by atoms with E-state index in [0.29, 0.717) is 5.02 Å². The lowest BCUT2D eigenvalue weighted by Crippen LogP contribution is -2.38. The standard InChI is InChI=1S/C12H15Cl2F2N3O2/c13-7-3-8(14)12(9(17)4-7)18-11(21)6-19(1-2-20)5-10(15)16/h3-4,10,20H,1-2,5-6,17H2,(H,18,21). The van der Waals surface area contributed by atoms with Crippen molar-refractivity contribution in [2.45, 2.75) is 6.43 Å². The highest BCUT2D eigenvalue weighted by Crippen LogP contribution is 2.31. The maximum absolute atomic E-state index is 12.3. The van der Waals surface area contributed by atoms with Crippen LogP contribution in [0.5, 0.6) is 0 Å². The molecule has 0 radical (unpaired) electrons. The van der Waals surface area contributed by atoms with Gasteiger partial charge in [-0.25, -0.2) is 8.78 Å². The number of nitrogens with two attached hydrogens (primary N) is 1. The van der Waals surface area contributed by atoms with E-state index in [1.807, 2.05) is 0 Å². The van der Waals surface area contributed by atoms with Gasteiger partial charge in [-0.2, -0.15) is 0 Å². The molecule has 9 heteroatoms. The van der Waals surface area contributed by atoms with Gasteiger partial charge in [-0.05, 0) is 12.1 Å². The summed E-state index contributed by atoms with van der Waals surface area (Å²) in [6.45, 7) is -1.30. The summed E-state index contributed by atoms with van der Waals surface area (Å²) in [5.41, 5.74) is 6.03. The van der Waals surface area contributed by atoms with E-state index >= 15 is 0 Å². The number of rotatable bonds is 7. The van der Waals surface area contributed by atoms with Crippen molar-refractivity contribution in [1.82, 2.24) is 4.90 Å². The maximum atomic E-state index is 12.3. The fourth-order valence-corrected chi connectivity index (χ4v) is 2.24. The van der Waals surface area contributed by atoms with Gasteiger partial charge < -0.3 is 16.2 Å². The lowest BCUT2D eigenvalue weighted by Gasteiger charge is -2.20. The Morgan fingerprint density at radius 2 is 2.10 bits per heavy atom. The molecule has 0 aliphatic heterocycles. The minimum Gasteiger partial charge on any atom is -0.397 e. The van der Waals surface area contributed by atoms with Crippen molar-refractivity contribution in [3.8, 4) is 0 Å². The summed E-state index contributed by atoms with van der Waals surface area (Å²) in [7, 11) is 0. The molecule has 5 nitrogen and oxygen atoms in total. The average molecular weight is 342 g/mol. The first kappa shape index (κ1) is 17.9. The van der Waals surface area contributed by atoms with Crippen LogP contribution < -0.4 is 11.1 Å². The monoisotopic (exact) mass is 341 g/mol. The molecule has 1 rings (SSSR count). The predicted molar refractivity (Wildman–Crippen MR) is 79.0 cm³/mol. The summed E-state index contributed by atoms with van der Waals surface area (Å²) in [4.78, 5) is 13.0. The number of nitrogens with zero attached hydrogens (tertiary/aromatic N) is 1. The molecule has 0 atom stereocenters. The molecule has 1 amide bonds. The first-order valence-corrected chi connectivity index (χ1v) is 6.74. The van der Waals surface area contributed by atoms with Crippen molar-refractivity contribution in [3.63, 3.8) is 0 Å². The number of aliphatic hydroxyl groups excluding tert-OH is 1. The van der Waals surface area contributed by atoms with Crippen LogP contribution >= 0.6 is 23.2 Å². The summed E-state index contributed by atoms with van der Waals surface area (Å²) < 4.78 is 24.7. The first-order valence-electron chi connectivity index (χ1n) is 5.99. The quantitative estimate of drug-likeness (QED) is 0.663. The van der Waals surface area contributed by atoms with Gasteiger partial charge in [-0.1, -0.05) is 23.2 Å². The predicted octanol–water partition coefficient (Wildman–Crippen LogP) is 2.07. The molecule has 0 bridgehead atoms. The van der Waals surface area contributed by atoms with Crippen LogP contribution in [-0.2, 0) is 4.79 Å². The van der Waals surface area contributed by atoms with E-state index < -0.39 is 18.9 Å². The van der Waals surface area contributed by atoms with Gasteiger partial charge in [0.05, 0.1) is 36.1 Å². The zero-order valence-electron chi connectivity index (χ0n) is 11.0. The largest absolute Gasteiger partial charge is 0.397 e. The van der Waals surface area contributed by atoms with E-state index in [-0.39, 0.29) is 36.1 Å². The minimum atomic E-state index is -2.60. The van der Waals surface area contributed by atoms with E-state index in [1.54, 1.807) is 0 Å². The Morgan fingerprint density at radius 3 is 2.62 bits per heavy atom. The van der Waals surface area contributed by atoms with Gasteiger partial charge in [-0.15, -0.1) is 0 Å². The minimum absolute atomic E-state index is 0.0401. The molecule has 1 aromatic rings. The molecule has 0 spiro atoms. The van der Waals surface area contributed by atoms with Gasteiger partial charge in [-0.3, -0.25) is 9.69 Å². The van der Waals surface area contributed by atoms with Crippen LogP contribution in [0.4, 0.5) is 20.2 Å². The van der Waals surface area contributed by atoms with Gasteiger partial charge in [0.15, 0.2) is 0 Å². The number of anilines is 2. The highest BCUT2D eigenvalue weighted by atomic mass is 35.5. The molecule has 0 aliphatic rings. The van der Waals surface area contributed by atoms with Gasteiger partial charge in [0.2, 0.25) is 5.91 Å². The van der Waals surface area contributed by atoms with E-state index in [9.17, 15) is 13.6 Å². The zero-order valence-corrected chi connectivity index (χ0v) is 12.5. The second-order valence-electron chi connectivity index (χ2n) is 4.25. The highest BCUT2D eigenvalue weighted by Gasteiger charge is 2.17. The fourth-order valence-electron chi connectivity index (χ4n) is 1.68. The summed E-state index contributed by atoms with van der Waals surface area (Å²) in [6.07, 6.45) is -2.60. The Bertz CT molecular complexity index is 480. The van der Waals surface area contributed by atoms with Gasteiger partial charge in [0.1, 0.15) is 0 Å². The number of halogens is 4. The molecule has 1 aromatic carbocycles. The molecule has 0 saturated heterocycles. The molecule has 118 valence electrons. The Balaban J connectivity index is 2.72. The third-order valence-electron chi connectivity index (χ3n) is 2.53. The number of hydrogen-bond acceptors (Lipinski definition) is 4. The number of carbonyl (C=O) groups excluding carboxylic acids is 1. The Labute approximate surface area is 130 Å². The second-order valence-corrected chi connectivity index (χ2v) is 5.09. The highest BCUT2D eigenvalue weighted by molar-refractivity contribution is 6.37. The third-order valence-corrected chi connectivity index (χ3v) is 3.05. The van der Waals surface area contributed by atoms with E-state index in [4.69, 9.17) is 34.0 Å². The summed E-state index contributed by atoms with van der Waals surface area (Å²) >= 11 is 11.7. The second kappa shape index (κ2) is 8.33. The molecule has 21 heavy (non-hydrogen) atoms. The fraction of sp³-hybridized carbons (Fsp3) is 0.417. The number of nitrogens with one attached hydrogen (secondary N) is 1. The number of amides is 1. The molecule has 0 aromatic heterocycles. The number of nitrogen functional groups attached to an aromatic ring is 1. The van der Waals surface area contributed by atoms with Crippen LogP contribution in [0.2, 0.25) is 10.0 Å². The Morgan fingerprint density at radius 1 is 1.43 bits per heavy atom. The maximum Gasteiger partial charge on any atom is 0.251 e. The van der Waals surface area contributed by atoms with Gasteiger partial charge in [0, 0.05) is 11.6 Å². The number of aliphatic hydroxyl groups is 1. The summed E-state index contributed by atoms with van der Waals surface area (Å²) in [6, 6.07) is 2.81. The third kappa shape index (κ3) is 6.01. The first-order chi connectivity index (χ1) is 9.83. The Kier molecular flexibility index (Phi) is 7.10. The molecule has 0 unspecified atom stereocenters. The van der Waals surface area contributed by atoms with Crippen molar-refractivity contribution < 1.29 is 18.7 Å². The number of hydrogen-bond donors (Lipinski definition) is 3. The SMILES string of the molecule is Nc1cc(Cl)cc(Cl)c1NC(=O)CN(CCO)CC(F)F. The number of carbonyl (C=O) groups is 1.